The van der Waals surface area contributed by atoms with Crippen LogP contribution in [0.15, 0.2) is 0 Å². The van der Waals surface area contributed by atoms with Crippen LogP contribution in [-0.2, 0) is 4.79 Å². The molecule has 0 bridgehead atoms. The quantitative estimate of drug-likeness (QED) is 0.534. The topological polar surface area (TPSA) is 51.4 Å². The highest BCUT2D eigenvalue weighted by molar-refractivity contribution is 5.71. The van der Waals surface area contributed by atoms with E-state index in [2.05, 4.69) is 5.32 Å². The number of carboxylic acids is 1. The van der Waals surface area contributed by atoms with Gasteiger partial charge in [-0.25, -0.2) is 5.32 Å². The zero-order chi connectivity index (χ0) is 6.69. The monoisotopic (exact) mass is 127 g/mol. The summed E-state index contributed by atoms with van der Waals surface area (Å²) in [4.78, 5) is 10.3. The highest BCUT2D eigenvalue weighted by Gasteiger charge is 2.20. The predicted molar refractivity (Wildman–Crippen MR) is 31.9 cm³/mol. The van der Waals surface area contributed by atoms with Crippen LogP contribution in [0.3, 0.4) is 0 Å². The Morgan fingerprint density at radius 2 is 2.56 bits per heavy atom. The lowest BCUT2D eigenvalue weighted by Gasteiger charge is -2.16. The van der Waals surface area contributed by atoms with Gasteiger partial charge in [-0.15, -0.1) is 0 Å². The number of hydrogen-bond acceptors (Lipinski definition) is 1. The van der Waals surface area contributed by atoms with Crippen LogP contribution in [0.25, 0.3) is 0 Å². The smallest absolute Gasteiger partial charge is 0.308 e. The Hall–Kier alpha value is -0.570. The molecule has 1 aliphatic heterocycles. The van der Waals surface area contributed by atoms with Gasteiger partial charge in [-0.2, -0.15) is 0 Å². The van der Waals surface area contributed by atoms with Crippen molar-refractivity contribution < 1.29 is 9.90 Å². The lowest BCUT2D eigenvalue weighted by Crippen LogP contribution is -2.30. The fourth-order valence-electron chi connectivity index (χ4n) is 0.851. The molecular formula is C6H9NO2. The zero-order valence-electron chi connectivity index (χ0n) is 5.08. The minimum atomic E-state index is -0.751. The Labute approximate surface area is 54.1 Å². The molecule has 0 aliphatic carbocycles. The molecule has 0 saturated carbocycles. The first-order chi connectivity index (χ1) is 4.30. The van der Waals surface area contributed by atoms with Gasteiger partial charge >= 0.3 is 5.97 Å². The maximum absolute atomic E-state index is 10.3. The second-order valence-corrected chi connectivity index (χ2v) is 2.10. The molecule has 1 saturated heterocycles. The van der Waals surface area contributed by atoms with E-state index in [1.54, 1.807) is 0 Å². The third-order valence-electron chi connectivity index (χ3n) is 1.38. The Bertz CT molecular complexity index is 108. The molecule has 0 aromatic carbocycles. The molecule has 1 N–H and O–H groups in total. The number of carbonyl (C=O) groups is 1. The molecule has 0 spiro atoms. The van der Waals surface area contributed by atoms with Crippen molar-refractivity contribution in [3.8, 4) is 0 Å². The fourth-order valence-corrected chi connectivity index (χ4v) is 0.851. The third kappa shape index (κ3) is 1.68. The van der Waals surface area contributed by atoms with E-state index < -0.39 is 5.97 Å². The van der Waals surface area contributed by atoms with Crippen LogP contribution in [0.1, 0.15) is 6.42 Å². The van der Waals surface area contributed by atoms with E-state index in [1.807, 2.05) is 6.42 Å². The van der Waals surface area contributed by atoms with Gasteiger partial charge in [0.1, 0.15) is 0 Å². The van der Waals surface area contributed by atoms with Crippen molar-refractivity contribution >= 4 is 5.97 Å². The first kappa shape index (κ1) is 6.55. The molecule has 3 nitrogen and oxygen atoms in total. The summed E-state index contributed by atoms with van der Waals surface area (Å²) >= 11 is 0. The van der Waals surface area contributed by atoms with Gasteiger partial charge in [0.15, 0.2) is 0 Å². The van der Waals surface area contributed by atoms with Gasteiger partial charge in [-0.3, -0.25) is 4.79 Å². The fraction of sp³-hybridized carbons (Fsp3) is 0.667. The summed E-state index contributed by atoms with van der Waals surface area (Å²) in [6.45, 7) is 1.26. The zero-order valence-corrected chi connectivity index (χ0v) is 5.08. The molecule has 3 heteroatoms. The normalized spacial score (nSPS) is 27.8. The summed E-state index contributed by atoms with van der Waals surface area (Å²) in [6.07, 6.45) is 2.63. The summed E-state index contributed by atoms with van der Waals surface area (Å²) in [5.41, 5.74) is 0. The van der Waals surface area contributed by atoms with Crippen LogP contribution in [-0.4, -0.2) is 24.2 Å². The van der Waals surface area contributed by atoms with E-state index in [4.69, 9.17) is 5.11 Å². The largest absolute Gasteiger partial charge is 0.481 e. The molecule has 1 rings (SSSR count). The number of carboxylic acid groups (broad SMARTS) is 1. The van der Waals surface area contributed by atoms with E-state index >= 15 is 0 Å². The lowest BCUT2D eigenvalue weighted by atomic mass is 10.0. The first-order valence-electron chi connectivity index (χ1n) is 3.00. The minimum Gasteiger partial charge on any atom is -0.481 e. The summed E-state index contributed by atoms with van der Waals surface area (Å²) in [5, 5.41) is 12.4. The molecule has 1 atom stereocenters. The molecule has 1 heterocycles. The van der Waals surface area contributed by atoms with Crippen LogP contribution in [0, 0.1) is 12.3 Å². The predicted octanol–water partition coefficient (Wildman–Crippen LogP) is -0.100. The number of rotatable bonds is 1. The van der Waals surface area contributed by atoms with Crippen molar-refractivity contribution in [2.24, 2.45) is 5.92 Å². The van der Waals surface area contributed by atoms with E-state index in [0.29, 0.717) is 6.54 Å². The highest BCUT2D eigenvalue weighted by Crippen LogP contribution is 2.08. The maximum atomic E-state index is 10.3. The van der Waals surface area contributed by atoms with Crippen molar-refractivity contribution in [1.82, 2.24) is 5.32 Å². The molecule has 50 valence electrons. The van der Waals surface area contributed by atoms with Gasteiger partial charge in [0.2, 0.25) is 0 Å². The van der Waals surface area contributed by atoms with Crippen LogP contribution in [0.2, 0.25) is 0 Å². The van der Waals surface area contributed by atoms with E-state index in [9.17, 15) is 4.79 Å². The number of aliphatic carboxylic acids is 1. The van der Waals surface area contributed by atoms with E-state index in [-0.39, 0.29) is 5.92 Å². The van der Waals surface area contributed by atoms with Crippen molar-refractivity contribution in [3.63, 3.8) is 0 Å². The van der Waals surface area contributed by atoms with Gasteiger partial charge < -0.3 is 5.11 Å². The van der Waals surface area contributed by atoms with E-state index in [1.165, 1.54) is 0 Å². The summed E-state index contributed by atoms with van der Waals surface area (Å²) in [6, 6.07) is 0. The van der Waals surface area contributed by atoms with Crippen LogP contribution in [0.5, 0.6) is 0 Å². The molecule has 1 fully saturated rings. The summed E-state index contributed by atoms with van der Waals surface area (Å²) in [7, 11) is 0. The number of hydrogen-bond donors (Lipinski definition) is 1. The third-order valence-corrected chi connectivity index (χ3v) is 1.38. The second-order valence-electron chi connectivity index (χ2n) is 2.10. The number of piperidine rings is 1. The van der Waals surface area contributed by atoms with Crippen molar-refractivity contribution in [2.45, 2.75) is 6.42 Å². The van der Waals surface area contributed by atoms with Crippen LogP contribution in [0.4, 0.5) is 0 Å². The molecule has 2 radical (unpaired) electrons. The average molecular weight is 127 g/mol. The Kier molecular flexibility index (Phi) is 2.05. The molecular weight excluding hydrogens is 118 g/mol. The van der Waals surface area contributed by atoms with Gasteiger partial charge in [0.05, 0.1) is 5.92 Å². The molecule has 0 amide bonds. The molecule has 0 aromatic heterocycles. The average Bonchev–Trinajstić information content (AvgIpc) is 1.90. The van der Waals surface area contributed by atoms with Gasteiger partial charge in [-0.1, -0.05) is 0 Å². The Morgan fingerprint density at radius 3 is 2.89 bits per heavy atom. The summed E-state index contributed by atoms with van der Waals surface area (Å²) in [5.74, 6) is -1.07. The van der Waals surface area contributed by atoms with Gasteiger partial charge in [0, 0.05) is 13.1 Å². The second kappa shape index (κ2) is 2.82. The molecule has 1 aliphatic rings. The summed E-state index contributed by atoms with van der Waals surface area (Å²) < 4.78 is 0. The Balaban J connectivity index is 2.31. The molecule has 0 aromatic rings. The lowest BCUT2D eigenvalue weighted by molar-refractivity contribution is -0.140. The van der Waals surface area contributed by atoms with Crippen LogP contribution < -0.4 is 5.32 Å². The van der Waals surface area contributed by atoms with Gasteiger partial charge in [0.25, 0.3) is 0 Å². The first-order valence-corrected chi connectivity index (χ1v) is 3.00. The standard InChI is InChI=1S/C6H9NO2/c8-6(9)5-2-1-3-7-4-5/h2,5H,1,3-4H2,(H,8,9). The van der Waals surface area contributed by atoms with Crippen molar-refractivity contribution in [1.29, 1.82) is 0 Å². The minimum absolute atomic E-state index is 0.321. The van der Waals surface area contributed by atoms with Crippen molar-refractivity contribution in [2.75, 3.05) is 13.1 Å². The maximum Gasteiger partial charge on any atom is 0.308 e. The van der Waals surface area contributed by atoms with Crippen molar-refractivity contribution in [3.05, 3.63) is 6.42 Å². The molecule has 1 unspecified atom stereocenters. The van der Waals surface area contributed by atoms with Gasteiger partial charge in [-0.05, 0) is 12.8 Å². The van der Waals surface area contributed by atoms with Crippen LogP contribution >= 0.6 is 0 Å². The highest BCUT2D eigenvalue weighted by atomic mass is 16.4. The van der Waals surface area contributed by atoms with E-state index in [0.717, 1.165) is 13.0 Å². The number of nitrogens with zero attached hydrogens (tertiary/aromatic N) is 1. The Morgan fingerprint density at radius 1 is 1.78 bits per heavy atom. The SMILES string of the molecule is O=C(O)C1[CH]CC[N]C1. The molecule has 9 heavy (non-hydrogen) atoms.